The molecule has 0 heterocycles. The molecule has 0 aliphatic carbocycles. The summed E-state index contributed by atoms with van der Waals surface area (Å²) in [4.78, 5) is 12.8. The Hall–Kier alpha value is -1.39. The van der Waals surface area contributed by atoms with Crippen LogP contribution in [0.4, 0.5) is 0 Å². The van der Waals surface area contributed by atoms with Gasteiger partial charge in [0.2, 0.25) is 0 Å². The van der Waals surface area contributed by atoms with Crippen LogP contribution in [-0.2, 0) is 4.74 Å². The molecule has 0 saturated heterocycles. The Morgan fingerprint density at radius 2 is 1.56 bits per heavy atom. The van der Waals surface area contributed by atoms with Gasteiger partial charge in [0.1, 0.15) is 5.94 Å². The fourth-order valence-corrected chi connectivity index (χ4v) is 2.94. The average molecular weight is 276 g/mol. The van der Waals surface area contributed by atoms with Gasteiger partial charge in [0.15, 0.2) is 0 Å². The zero-order valence-corrected chi connectivity index (χ0v) is 11.2. The largest absolute Gasteiger partial charge is 0.450 e. The van der Waals surface area contributed by atoms with E-state index in [0.29, 0.717) is 11.5 Å². The van der Waals surface area contributed by atoms with Crippen molar-refractivity contribution in [2.75, 3.05) is 5.94 Å². The minimum absolute atomic E-state index is 0.281. The van der Waals surface area contributed by atoms with Gasteiger partial charge in [-0.3, -0.25) is 0 Å². The van der Waals surface area contributed by atoms with Crippen molar-refractivity contribution in [3.05, 3.63) is 66.2 Å². The normalized spacial score (nSPS) is 10.0. The summed E-state index contributed by atoms with van der Waals surface area (Å²) in [6.07, 6.45) is 0. The van der Waals surface area contributed by atoms with Gasteiger partial charge in [-0.2, -0.15) is 0 Å². The number of hydrogen-bond acceptors (Lipinski definition) is 4. The number of carbonyl (C=O) groups is 1. The highest BCUT2D eigenvalue weighted by atomic mass is 33.1. The number of benzene rings is 2. The molecule has 0 aliphatic heterocycles. The summed E-state index contributed by atoms with van der Waals surface area (Å²) < 4.78 is 5.15. The Bertz CT molecular complexity index is 486. The van der Waals surface area contributed by atoms with Crippen molar-refractivity contribution in [1.29, 1.82) is 0 Å². The quantitative estimate of drug-likeness (QED) is 0.353. The fraction of sp³-hybridized carbons (Fsp3) is 0.0714. The van der Waals surface area contributed by atoms with Crippen LogP contribution in [0.3, 0.4) is 0 Å². The number of ether oxygens (including phenoxy) is 1. The van der Waals surface area contributed by atoms with Crippen molar-refractivity contribution >= 4 is 27.6 Å². The van der Waals surface area contributed by atoms with E-state index in [9.17, 15) is 4.79 Å². The van der Waals surface area contributed by atoms with Crippen LogP contribution in [0.1, 0.15) is 10.4 Å². The van der Waals surface area contributed by atoms with Crippen molar-refractivity contribution in [2.45, 2.75) is 4.90 Å². The Morgan fingerprint density at radius 3 is 2.22 bits per heavy atom. The summed E-state index contributed by atoms with van der Waals surface area (Å²) >= 11 is 0. The van der Waals surface area contributed by atoms with Gasteiger partial charge in [-0.1, -0.05) is 47.2 Å². The van der Waals surface area contributed by atoms with Crippen LogP contribution in [0.5, 0.6) is 0 Å². The van der Waals surface area contributed by atoms with Crippen molar-refractivity contribution in [3.63, 3.8) is 0 Å². The molecule has 2 aromatic rings. The van der Waals surface area contributed by atoms with Gasteiger partial charge in [-0.15, -0.1) is 0 Å². The molecule has 0 N–H and O–H groups in total. The molecule has 0 aromatic heterocycles. The van der Waals surface area contributed by atoms with E-state index in [0.717, 1.165) is 4.90 Å². The van der Waals surface area contributed by atoms with E-state index in [1.54, 1.807) is 22.9 Å². The molecule has 0 fully saturated rings. The standard InChI is InChI=1S/C14H12O2S2/c15-14(12-7-3-1-4-8-12)16-11-17-18-13-9-5-2-6-10-13/h1-10H,11H2. The second kappa shape index (κ2) is 7.13. The first-order valence-electron chi connectivity index (χ1n) is 5.43. The van der Waals surface area contributed by atoms with Gasteiger partial charge >= 0.3 is 5.97 Å². The van der Waals surface area contributed by atoms with Crippen LogP contribution in [0.2, 0.25) is 0 Å². The summed E-state index contributed by atoms with van der Waals surface area (Å²) in [6, 6.07) is 19.0. The average Bonchev–Trinajstić information content (AvgIpc) is 2.45. The van der Waals surface area contributed by atoms with Crippen molar-refractivity contribution in [2.24, 2.45) is 0 Å². The van der Waals surface area contributed by atoms with Crippen LogP contribution in [0, 0.1) is 0 Å². The summed E-state index contributed by atoms with van der Waals surface area (Å²) in [5.41, 5.74) is 0.586. The zero-order valence-electron chi connectivity index (χ0n) is 9.61. The maximum absolute atomic E-state index is 11.6. The Balaban J connectivity index is 1.72. The van der Waals surface area contributed by atoms with Crippen LogP contribution in [-0.4, -0.2) is 11.9 Å². The Morgan fingerprint density at radius 1 is 0.944 bits per heavy atom. The molecule has 0 aliphatic rings. The molecule has 2 aromatic carbocycles. The van der Waals surface area contributed by atoms with E-state index in [4.69, 9.17) is 4.74 Å². The maximum atomic E-state index is 11.6. The molecule has 0 bridgehead atoms. The van der Waals surface area contributed by atoms with Gasteiger partial charge < -0.3 is 4.74 Å². The van der Waals surface area contributed by atoms with Gasteiger partial charge in [0, 0.05) is 4.90 Å². The molecule has 4 heteroatoms. The lowest BCUT2D eigenvalue weighted by Gasteiger charge is -2.03. The second-order valence-electron chi connectivity index (χ2n) is 3.43. The lowest BCUT2D eigenvalue weighted by atomic mass is 10.2. The van der Waals surface area contributed by atoms with Gasteiger partial charge in [-0.25, -0.2) is 4.79 Å². The fourth-order valence-electron chi connectivity index (χ4n) is 1.30. The first kappa shape index (κ1) is 13.1. The third kappa shape index (κ3) is 4.13. The summed E-state index contributed by atoms with van der Waals surface area (Å²) in [7, 11) is 3.10. The zero-order chi connectivity index (χ0) is 12.6. The number of carbonyl (C=O) groups excluding carboxylic acids is 1. The van der Waals surface area contributed by atoms with E-state index in [1.165, 1.54) is 10.8 Å². The number of rotatable bonds is 5. The molecule has 2 rings (SSSR count). The van der Waals surface area contributed by atoms with E-state index in [1.807, 2.05) is 48.5 Å². The molecule has 0 amide bonds. The van der Waals surface area contributed by atoms with Gasteiger partial charge in [-0.05, 0) is 35.1 Å². The van der Waals surface area contributed by atoms with Gasteiger partial charge in [0.05, 0.1) is 5.56 Å². The van der Waals surface area contributed by atoms with Crippen LogP contribution in [0.25, 0.3) is 0 Å². The lowest BCUT2D eigenvalue weighted by Crippen LogP contribution is -2.03. The smallest absolute Gasteiger partial charge is 0.338 e. The minimum Gasteiger partial charge on any atom is -0.450 e. The first-order valence-corrected chi connectivity index (χ1v) is 7.75. The van der Waals surface area contributed by atoms with Crippen LogP contribution in [0.15, 0.2) is 65.6 Å². The summed E-state index contributed by atoms with van der Waals surface area (Å²) in [5, 5.41) is 0. The topological polar surface area (TPSA) is 26.3 Å². The van der Waals surface area contributed by atoms with E-state index >= 15 is 0 Å². The molecule has 0 radical (unpaired) electrons. The third-order valence-corrected chi connectivity index (χ3v) is 4.16. The summed E-state index contributed by atoms with van der Waals surface area (Å²) in [5.74, 6) is 0.0598. The van der Waals surface area contributed by atoms with Crippen molar-refractivity contribution in [1.82, 2.24) is 0 Å². The summed E-state index contributed by atoms with van der Waals surface area (Å²) in [6.45, 7) is 0. The number of hydrogen-bond donors (Lipinski definition) is 0. The van der Waals surface area contributed by atoms with E-state index in [-0.39, 0.29) is 5.97 Å². The monoisotopic (exact) mass is 276 g/mol. The SMILES string of the molecule is O=C(OCSSc1ccccc1)c1ccccc1. The Labute approximate surface area is 114 Å². The first-order chi connectivity index (χ1) is 8.86. The molecule has 0 atom stereocenters. The predicted octanol–water partition coefficient (Wildman–Crippen LogP) is 4.24. The molecule has 0 spiro atoms. The third-order valence-electron chi connectivity index (χ3n) is 2.15. The molecule has 92 valence electrons. The molecule has 0 unspecified atom stereocenters. The second-order valence-corrected chi connectivity index (χ2v) is 5.75. The Kier molecular flexibility index (Phi) is 5.17. The van der Waals surface area contributed by atoms with E-state index < -0.39 is 0 Å². The van der Waals surface area contributed by atoms with Gasteiger partial charge in [0.25, 0.3) is 0 Å². The predicted molar refractivity (Wildman–Crippen MR) is 76.6 cm³/mol. The molecular weight excluding hydrogens is 264 g/mol. The molecular formula is C14H12O2S2. The highest BCUT2D eigenvalue weighted by Gasteiger charge is 2.05. The number of esters is 1. The highest BCUT2D eigenvalue weighted by Crippen LogP contribution is 2.30. The van der Waals surface area contributed by atoms with Crippen molar-refractivity contribution < 1.29 is 9.53 Å². The maximum Gasteiger partial charge on any atom is 0.338 e. The highest BCUT2D eigenvalue weighted by molar-refractivity contribution is 8.76. The molecule has 2 nitrogen and oxygen atoms in total. The van der Waals surface area contributed by atoms with Crippen molar-refractivity contribution in [3.8, 4) is 0 Å². The lowest BCUT2D eigenvalue weighted by molar-refractivity contribution is 0.0580. The molecule has 0 saturated carbocycles. The van der Waals surface area contributed by atoms with Crippen LogP contribution < -0.4 is 0 Å². The van der Waals surface area contributed by atoms with Crippen LogP contribution >= 0.6 is 21.6 Å². The minimum atomic E-state index is -0.281. The van der Waals surface area contributed by atoms with E-state index in [2.05, 4.69) is 0 Å². The molecule has 18 heavy (non-hydrogen) atoms.